The summed E-state index contributed by atoms with van der Waals surface area (Å²) in [6.07, 6.45) is 10.5. The second kappa shape index (κ2) is 15.2. The minimum absolute atomic E-state index is 1.06. The highest BCUT2D eigenvalue weighted by Crippen LogP contribution is 2.44. The lowest BCUT2D eigenvalue weighted by Crippen LogP contribution is -2.10. The van der Waals surface area contributed by atoms with Crippen LogP contribution in [0, 0.1) is 0 Å². The molecule has 1 aliphatic rings. The molecule has 9 aromatic carbocycles. The number of benzene rings is 9. The van der Waals surface area contributed by atoms with E-state index in [1.807, 2.05) is 23.5 Å². The van der Waals surface area contributed by atoms with Gasteiger partial charge in [-0.25, -0.2) is 0 Å². The molecule has 0 radical (unpaired) electrons. The molecule has 0 atom stereocenters. The first-order chi connectivity index (χ1) is 29.7. The van der Waals surface area contributed by atoms with Gasteiger partial charge < -0.3 is 4.90 Å². The van der Waals surface area contributed by atoms with Crippen LogP contribution < -0.4 is 4.90 Å². The van der Waals surface area contributed by atoms with Crippen LogP contribution in [0.5, 0.6) is 0 Å². The molecule has 0 unspecified atom stereocenters. The van der Waals surface area contributed by atoms with E-state index in [-0.39, 0.29) is 0 Å². The summed E-state index contributed by atoms with van der Waals surface area (Å²) in [5.74, 6) is 0. The van der Waals surface area contributed by atoms with Crippen LogP contribution in [0.4, 0.5) is 17.1 Å². The maximum Gasteiger partial charge on any atom is 0.0462 e. The van der Waals surface area contributed by atoms with Crippen LogP contribution in [0.25, 0.3) is 76.3 Å². The number of thiophene rings is 1. The first-order valence-electron chi connectivity index (χ1n) is 20.7. The van der Waals surface area contributed by atoms with E-state index < -0.39 is 0 Å². The maximum absolute atomic E-state index is 3.83. The number of rotatable bonds is 8. The molecule has 0 spiro atoms. The number of allylic oxidation sites excluding steroid dienone is 3. The summed E-state index contributed by atoms with van der Waals surface area (Å²) >= 11 is 1.93. The Labute approximate surface area is 355 Å². The largest absolute Gasteiger partial charge is 0.311 e. The molecule has 1 nitrogen and oxygen atoms in total. The minimum atomic E-state index is 1.06. The highest BCUT2D eigenvalue weighted by Gasteiger charge is 2.21. The van der Waals surface area contributed by atoms with Crippen molar-refractivity contribution in [1.82, 2.24) is 0 Å². The molecule has 2 heteroatoms. The summed E-state index contributed by atoms with van der Waals surface area (Å²) in [6.45, 7) is 3.83. The van der Waals surface area contributed by atoms with Gasteiger partial charge in [0.1, 0.15) is 0 Å². The van der Waals surface area contributed by atoms with Crippen molar-refractivity contribution in [2.24, 2.45) is 0 Å². The maximum atomic E-state index is 3.83. The molecule has 0 aliphatic heterocycles. The van der Waals surface area contributed by atoms with Gasteiger partial charge in [-0.1, -0.05) is 158 Å². The Morgan fingerprint density at radius 3 is 1.75 bits per heavy atom. The molecular weight excluding hydrogens is 743 g/mol. The van der Waals surface area contributed by atoms with Crippen molar-refractivity contribution in [2.45, 2.75) is 12.8 Å². The van der Waals surface area contributed by atoms with E-state index in [9.17, 15) is 0 Å². The molecule has 10 aromatic rings. The molecule has 0 N–H and O–H groups in total. The average molecular weight is 784 g/mol. The number of hydrogen-bond acceptors (Lipinski definition) is 2. The molecule has 0 amide bonds. The Kier molecular flexibility index (Phi) is 9.06. The minimum Gasteiger partial charge on any atom is -0.311 e. The standard InChI is InChI=1S/C58H41NS/c1-2-3-9-39-16-17-42-18-22-46(37-48(42)36-39)40-24-30-49(31-25-40)59(51-34-28-44(29-35-51)53-13-8-14-55-54-12-6-7-15-57(54)60-58(53)55)50-32-26-41(27-33-50)47-23-21-45-20-19-43-10-4-5-11-52(43)56(45)38-47/h2-7,9-13,15-38H,1,8,14H2/b9-3-. The Bertz CT molecular complexity index is 3310. The first kappa shape index (κ1) is 35.9. The van der Waals surface area contributed by atoms with Crippen LogP contribution in [-0.2, 0) is 6.42 Å². The average Bonchev–Trinajstić information content (AvgIpc) is 3.70. The summed E-state index contributed by atoms with van der Waals surface area (Å²) < 4.78 is 1.37. The zero-order chi connectivity index (χ0) is 40.0. The van der Waals surface area contributed by atoms with E-state index in [1.54, 1.807) is 0 Å². The Balaban J connectivity index is 0.962. The van der Waals surface area contributed by atoms with Crippen LogP contribution in [0.3, 0.4) is 0 Å². The Morgan fingerprint density at radius 1 is 0.467 bits per heavy atom. The molecule has 284 valence electrons. The monoisotopic (exact) mass is 783 g/mol. The highest BCUT2D eigenvalue weighted by molar-refractivity contribution is 7.20. The lowest BCUT2D eigenvalue weighted by molar-refractivity contribution is 0.998. The van der Waals surface area contributed by atoms with Crippen LogP contribution in [0.1, 0.15) is 28.0 Å². The second-order valence-corrected chi connectivity index (χ2v) is 16.7. The van der Waals surface area contributed by atoms with Gasteiger partial charge in [0.15, 0.2) is 0 Å². The van der Waals surface area contributed by atoms with Crippen molar-refractivity contribution in [3.05, 3.63) is 234 Å². The fourth-order valence-electron chi connectivity index (χ4n) is 9.02. The summed E-state index contributed by atoms with van der Waals surface area (Å²) in [5, 5.41) is 8.95. The van der Waals surface area contributed by atoms with E-state index in [0.29, 0.717) is 0 Å². The topological polar surface area (TPSA) is 3.24 Å². The van der Waals surface area contributed by atoms with Crippen LogP contribution in [0.15, 0.2) is 213 Å². The van der Waals surface area contributed by atoms with Gasteiger partial charge in [-0.3, -0.25) is 0 Å². The zero-order valence-corrected chi connectivity index (χ0v) is 34.0. The molecule has 0 fully saturated rings. The molecule has 11 rings (SSSR count). The fraction of sp³-hybridized carbons (Fsp3) is 0.0345. The number of anilines is 3. The molecule has 0 bridgehead atoms. The number of hydrogen-bond donors (Lipinski definition) is 0. The molecule has 0 saturated heterocycles. The lowest BCUT2D eigenvalue weighted by atomic mass is 9.91. The highest BCUT2D eigenvalue weighted by atomic mass is 32.1. The SMILES string of the molecule is C=C/C=C\c1ccc2ccc(-c3ccc(N(c4ccc(C5=CCCc6c5sc5ccccc65)cc4)c4ccc(-c5ccc6ccc7ccccc7c6c5)cc4)cc3)cc2c1. The van der Waals surface area contributed by atoms with Gasteiger partial charge in [0.05, 0.1) is 0 Å². The molecule has 0 saturated carbocycles. The van der Waals surface area contributed by atoms with Crippen molar-refractivity contribution >= 4 is 82.5 Å². The Morgan fingerprint density at radius 2 is 1.03 bits per heavy atom. The molecule has 60 heavy (non-hydrogen) atoms. The van der Waals surface area contributed by atoms with Gasteiger partial charge in [0, 0.05) is 26.6 Å². The van der Waals surface area contributed by atoms with Gasteiger partial charge in [-0.05, 0) is 156 Å². The summed E-state index contributed by atoms with van der Waals surface area (Å²) in [4.78, 5) is 3.79. The third-order valence-corrected chi connectivity index (χ3v) is 13.3. The third kappa shape index (κ3) is 6.52. The van der Waals surface area contributed by atoms with E-state index in [1.165, 1.54) is 91.8 Å². The molecule has 1 aromatic heterocycles. The smallest absolute Gasteiger partial charge is 0.0462 e. The zero-order valence-electron chi connectivity index (χ0n) is 33.2. The van der Waals surface area contributed by atoms with Gasteiger partial charge in [0.2, 0.25) is 0 Å². The summed E-state index contributed by atoms with van der Waals surface area (Å²) in [7, 11) is 0. The number of aryl methyl sites for hydroxylation is 1. The molecule has 1 aliphatic carbocycles. The third-order valence-electron chi connectivity index (χ3n) is 12.1. The van der Waals surface area contributed by atoms with Gasteiger partial charge in [-0.15, -0.1) is 11.3 Å². The number of nitrogens with zero attached hydrogens (tertiary/aromatic N) is 1. The van der Waals surface area contributed by atoms with E-state index in [4.69, 9.17) is 0 Å². The number of fused-ring (bicyclic) bond motifs is 7. The van der Waals surface area contributed by atoms with Gasteiger partial charge in [0.25, 0.3) is 0 Å². The van der Waals surface area contributed by atoms with Crippen molar-refractivity contribution < 1.29 is 0 Å². The summed E-state index contributed by atoms with van der Waals surface area (Å²) in [5.41, 5.74) is 13.4. The molecular formula is C58H41NS. The van der Waals surface area contributed by atoms with E-state index in [0.717, 1.165) is 29.9 Å². The van der Waals surface area contributed by atoms with E-state index in [2.05, 4.69) is 212 Å². The second-order valence-electron chi connectivity index (χ2n) is 15.7. The van der Waals surface area contributed by atoms with Crippen molar-refractivity contribution in [3.8, 4) is 22.3 Å². The molecule has 1 heterocycles. The van der Waals surface area contributed by atoms with E-state index >= 15 is 0 Å². The van der Waals surface area contributed by atoms with Crippen LogP contribution in [0.2, 0.25) is 0 Å². The van der Waals surface area contributed by atoms with Crippen molar-refractivity contribution in [2.75, 3.05) is 4.90 Å². The quantitative estimate of drug-likeness (QED) is 0.110. The van der Waals surface area contributed by atoms with Crippen molar-refractivity contribution in [3.63, 3.8) is 0 Å². The van der Waals surface area contributed by atoms with Gasteiger partial charge in [-0.2, -0.15) is 0 Å². The lowest BCUT2D eigenvalue weighted by Gasteiger charge is -2.26. The predicted molar refractivity (Wildman–Crippen MR) is 261 cm³/mol. The summed E-state index contributed by atoms with van der Waals surface area (Å²) in [6, 6.07) is 69.4. The first-order valence-corrected chi connectivity index (χ1v) is 21.6. The Hall–Kier alpha value is -7.26. The van der Waals surface area contributed by atoms with Gasteiger partial charge >= 0.3 is 0 Å². The van der Waals surface area contributed by atoms with Crippen molar-refractivity contribution in [1.29, 1.82) is 0 Å². The van der Waals surface area contributed by atoms with Crippen LogP contribution >= 0.6 is 11.3 Å². The predicted octanol–water partition coefficient (Wildman–Crippen LogP) is 16.7. The normalized spacial score (nSPS) is 12.6. The fourth-order valence-corrected chi connectivity index (χ4v) is 10.3. The van der Waals surface area contributed by atoms with Crippen LogP contribution in [-0.4, -0.2) is 0 Å².